The normalized spacial score (nSPS) is 24.2. The van der Waals surface area contributed by atoms with Crippen molar-refractivity contribution in [2.24, 2.45) is 4.99 Å². The van der Waals surface area contributed by atoms with Crippen LogP contribution in [-0.2, 0) is 9.05 Å². The minimum absolute atomic E-state index is 0.0650. The molecule has 3 heterocycles. The minimum Gasteiger partial charge on any atom is -0.452 e. The molecule has 34 heavy (non-hydrogen) atoms. The van der Waals surface area contributed by atoms with Gasteiger partial charge in [-0.3, -0.25) is 0 Å². The molecule has 8 heteroatoms. The fourth-order valence-corrected chi connectivity index (χ4v) is 7.16. The van der Waals surface area contributed by atoms with E-state index in [-0.39, 0.29) is 22.7 Å². The average Bonchev–Trinajstić information content (AvgIpc) is 2.71. The summed E-state index contributed by atoms with van der Waals surface area (Å²) in [4.78, 5) is 7.30. The summed E-state index contributed by atoms with van der Waals surface area (Å²) in [5.74, 6) is 1.56. The van der Waals surface area contributed by atoms with Crippen LogP contribution in [0.1, 0.15) is 70.4 Å². The lowest BCUT2D eigenvalue weighted by Crippen LogP contribution is -2.51. The van der Waals surface area contributed by atoms with E-state index in [1.54, 1.807) is 0 Å². The molecular formula is C26H33ClN3O3S+. The molecule has 3 aliphatic heterocycles. The van der Waals surface area contributed by atoms with Gasteiger partial charge < -0.3 is 9.64 Å². The highest BCUT2D eigenvalue weighted by atomic mass is 35.7. The van der Waals surface area contributed by atoms with Gasteiger partial charge >= 0.3 is 0 Å². The smallest absolute Gasteiger partial charge is 0.233 e. The molecule has 182 valence electrons. The van der Waals surface area contributed by atoms with Crippen LogP contribution >= 0.6 is 10.7 Å². The molecule has 0 saturated heterocycles. The topological polar surface area (TPSA) is 62.0 Å². The average molecular weight is 503 g/mol. The van der Waals surface area contributed by atoms with E-state index in [4.69, 9.17) is 20.4 Å². The molecule has 2 aromatic carbocycles. The zero-order valence-electron chi connectivity index (χ0n) is 20.9. The summed E-state index contributed by atoms with van der Waals surface area (Å²) in [6, 6.07) is 8.26. The van der Waals surface area contributed by atoms with Crippen molar-refractivity contribution >= 4 is 31.1 Å². The van der Waals surface area contributed by atoms with Crippen molar-refractivity contribution in [3.8, 4) is 11.5 Å². The number of nitrogens with zero attached hydrogens (tertiary/aromatic N) is 3. The Balaban J connectivity index is 1.70. The molecule has 2 unspecified atom stereocenters. The molecule has 0 amide bonds. The van der Waals surface area contributed by atoms with E-state index in [1.807, 2.05) is 19.2 Å². The number of rotatable bonds is 2. The molecule has 0 aromatic heterocycles. The SMILES string of the molecule is CC1CC(C)(C)N(C)c2cc3c(cc21)N=c1cc2c(cc1O3)=[N+](C)C(C)(C)CC2CS(=O)(=O)Cl. The second-order valence-corrected chi connectivity index (χ2v) is 14.2. The van der Waals surface area contributed by atoms with Crippen LogP contribution in [0.25, 0.3) is 0 Å². The molecular weight excluding hydrogens is 470 g/mol. The van der Waals surface area contributed by atoms with Gasteiger partial charge in [0, 0.05) is 52.9 Å². The second-order valence-electron chi connectivity index (χ2n) is 11.4. The number of anilines is 1. The number of hydrogen-bond donors (Lipinski definition) is 0. The van der Waals surface area contributed by atoms with Crippen molar-refractivity contribution in [2.75, 3.05) is 24.7 Å². The van der Waals surface area contributed by atoms with Crippen LogP contribution in [-0.4, -0.2) is 39.3 Å². The molecule has 5 rings (SSSR count). The number of hydrogen-bond acceptors (Lipinski definition) is 5. The second kappa shape index (κ2) is 7.44. The van der Waals surface area contributed by atoms with Gasteiger partial charge in [0.1, 0.15) is 18.1 Å². The van der Waals surface area contributed by atoms with E-state index in [1.165, 1.54) is 11.3 Å². The molecule has 2 aromatic rings. The molecule has 0 aliphatic carbocycles. The quantitative estimate of drug-likeness (QED) is 0.384. The molecule has 0 bridgehead atoms. The van der Waals surface area contributed by atoms with Crippen molar-refractivity contribution in [1.82, 2.24) is 4.58 Å². The largest absolute Gasteiger partial charge is 0.452 e. The lowest BCUT2D eigenvalue weighted by molar-refractivity contribution is 0.293. The highest BCUT2D eigenvalue weighted by Gasteiger charge is 2.41. The number of halogens is 1. The van der Waals surface area contributed by atoms with Crippen molar-refractivity contribution < 1.29 is 13.2 Å². The van der Waals surface area contributed by atoms with Gasteiger partial charge in [0.05, 0.1) is 11.8 Å². The van der Waals surface area contributed by atoms with Gasteiger partial charge in [-0.1, -0.05) is 6.92 Å². The highest BCUT2D eigenvalue weighted by molar-refractivity contribution is 8.13. The summed E-state index contributed by atoms with van der Waals surface area (Å²) in [7, 11) is 6.23. The maximum absolute atomic E-state index is 12.0. The third-order valence-electron chi connectivity index (χ3n) is 8.14. The first-order valence-corrected chi connectivity index (χ1v) is 14.3. The Hall–Kier alpha value is -2.12. The van der Waals surface area contributed by atoms with E-state index >= 15 is 0 Å². The van der Waals surface area contributed by atoms with Crippen LogP contribution in [0, 0.1) is 0 Å². The first-order chi connectivity index (χ1) is 15.7. The molecule has 3 aliphatic rings. The van der Waals surface area contributed by atoms with Crippen LogP contribution in [0.3, 0.4) is 0 Å². The molecule has 2 atom stereocenters. The van der Waals surface area contributed by atoms with Gasteiger partial charge in [0.15, 0.2) is 17.0 Å². The highest BCUT2D eigenvalue weighted by Crippen LogP contribution is 2.48. The van der Waals surface area contributed by atoms with Gasteiger partial charge in [-0.2, -0.15) is 0 Å². The van der Waals surface area contributed by atoms with E-state index in [9.17, 15) is 8.42 Å². The van der Waals surface area contributed by atoms with E-state index < -0.39 is 9.05 Å². The van der Waals surface area contributed by atoms with Crippen LogP contribution in [0.4, 0.5) is 11.4 Å². The van der Waals surface area contributed by atoms with Gasteiger partial charge in [-0.25, -0.2) is 18.0 Å². The molecule has 6 nitrogen and oxygen atoms in total. The predicted molar refractivity (Wildman–Crippen MR) is 137 cm³/mol. The summed E-state index contributed by atoms with van der Waals surface area (Å²) in [5.41, 5.74) is 4.08. The van der Waals surface area contributed by atoms with Crippen LogP contribution in [0.5, 0.6) is 11.5 Å². The minimum atomic E-state index is -3.65. The van der Waals surface area contributed by atoms with Gasteiger partial charge in [0.25, 0.3) is 0 Å². The molecule has 0 spiro atoms. The van der Waals surface area contributed by atoms with Crippen LogP contribution in [0.15, 0.2) is 29.3 Å². The van der Waals surface area contributed by atoms with Crippen molar-refractivity contribution in [3.05, 3.63) is 46.1 Å². The number of benzene rings is 2. The van der Waals surface area contributed by atoms with Crippen molar-refractivity contribution in [2.45, 2.75) is 70.4 Å². The molecule has 0 fully saturated rings. The fourth-order valence-electron chi connectivity index (χ4n) is 5.92. The fraction of sp³-hybridized carbons (Fsp3) is 0.538. The Labute approximate surface area is 206 Å². The predicted octanol–water partition coefficient (Wildman–Crippen LogP) is 4.42. The number of ether oxygens (including phenoxy) is 1. The summed E-state index contributed by atoms with van der Waals surface area (Å²) < 4.78 is 32.6. The zero-order valence-corrected chi connectivity index (χ0v) is 22.5. The Morgan fingerprint density at radius 1 is 1.12 bits per heavy atom. The standard InChI is InChI=1S/C26H33ClN3O3S/c1-15-12-25(2,3)29(6)21-10-23-19(8-17(15)21)28-20-9-18-16(14-34(27,31)32)13-26(4,5)30(7)22(18)11-24(20)33-23/h8-11,15-16H,12-14H2,1-7H3/q+1. The summed E-state index contributed by atoms with van der Waals surface area (Å²) in [6.07, 6.45) is 1.75. The zero-order chi connectivity index (χ0) is 24.8. The number of fused-ring (bicyclic) bond motifs is 4. The maximum atomic E-state index is 12.0. The third-order valence-corrected chi connectivity index (χ3v) is 9.32. The van der Waals surface area contributed by atoms with Gasteiger partial charge in [0.2, 0.25) is 14.4 Å². The lowest BCUT2D eigenvalue weighted by atomic mass is 9.80. The van der Waals surface area contributed by atoms with Gasteiger partial charge in [-0.05, 0) is 57.7 Å². The van der Waals surface area contributed by atoms with E-state index in [2.05, 4.69) is 63.3 Å². The van der Waals surface area contributed by atoms with Crippen LogP contribution in [0.2, 0.25) is 0 Å². The van der Waals surface area contributed by atoms with Gasteiger partial charge in [-0.15, -0.1) is 0 Å². The summed E-state index contributed by atoms with van der Waals surface area (Å²) in [5, 5.41) is 1.69. The molecule has 0 saturated carbocycles. The summed E-state index contributed by atoms with van der Waals surface area (Å²) in [6.45, 7) is 11.0. The molecule has 0 radical (unpaired) electrons. The first kappa shape index (κ1) is 23.6. The lowest BCUT2D eigenvalue weighted by Gasteiger charge is -2.45. The van der Waals surface area contributed by atoms with E-state index in [0.717, 1.165) is 34.1 Å². The first-order valence-electron chi connectivity index (χ1n) is 11.8. The Morgan fingerprint density at radius 3 is 2.50 bits per heavy atom. The molecule has 0 N–H and O–H groups in total. The Bertz CT molecular complexity index is 1450. The maximum Gasteiger partial charge on any atom is 0.233 e. The Morgan fingerprint density at radius 2 is 1.82 bits per heavy atom. The van der Waals surface area contributed by atoms with E-state index in [0.29, 0.717) is 18.1 Å². The third kappa shape index (κ3) is 3.81. The monoisotopic (exact) mass is 502 g/mol. The summed E-state index contributed by atoms with van der Waals surface area (Å²) >= 11 is 0. The van der Waals surface area contributed by atoms with Crippen LogP contribution < -0.4 is 24.9 Å². The Kier molecular flexibility index (Phi) is 5.17. The van der Waals surface area contributed by atoms with Crippen molar-refractivity contribution in [1.29, 1.82) is 0 Å². The van der Waals surface area contributed by atoms with Crippen molar-refractivity contribution in [3.63, 3.8) is 0 Å².